The number of hydrogen-bond donors (Lipinski definition) is 2. The number of aromatic hydroxyl groups is 1. The second-order valence-electron chi connectivity index (χ2n) is 7.51. The van der Waals surface area contributed by atoms with Gasteiger partial charge in [-0.1, -0.05) is 15.9 Å². The highest BCUT2D eigenvalue weighted by atomic mass is 79.9. The number of thioether (sulfide) groups is 1. The van der Waals surface area contributed by atoms with Gasteiger partial charge in [0.1, 0.15) is 6.54 Å². The topological polar surface area (TPSA) is 108 Å². The number of carbonyl (C=O) groups excluding carboxylic acids is 3. The van der Waals surface area contributed by atoms with Crippen LogP contribution < -0.4 is 15.0 Å². The van der Waals surface area contributed by atoms with Crippen LogP contribution >= 0.6 is 27.7 Å². The summed E-state index contributed by atoms with van der Waals surface area (Å²) < 4.78 is 11.0. The summed E-state index contributed by atoms with van der Waals surface area (Å²) in [6, 6.07) is 10.4. The fraction of sp³-hybridized carbons (Fsp3) is 0.261. The van der Waals surface area contributed by atoms with Crippen LogP contribution in [-0.4, -0.2) is 67.0 Å². The number of nitrogens with zero attached hydrogens (tertiary/aromatic N) is 2. The highest BCUT2D eigenvalue weighted by molar-refractivity contribution is 9.10. The van der Waals surface area contributed by atoms with Gasteiger partial charge in [0, 0.05) is 28.9 Å². The quantitative estimate of drug-likeness (QED) is 0.527. The Morgan fingerprint density at radius 3 is 2.62 bits per heavy atom. The first-order valence-electron chi connectivity index (χ1n) is 10.4. The number of carbonyl (C=O) groups is 3. The predicted octanol–water partition coefficient (Wildman–Crippen LogP) is 3.67. The molecule has 2 saturated heterocycles. The minimum atomic E-state index is -0.563. The molecule has 2 heterocycles. The highest BCUT2D eigenvalue weighted by Crippen LogP contribution is 2.37. The van der Waals surface area contributed by atoms with E-state index in [0.717, 1.165) is 35.4 Å². The Morgan fingerprint density at radius 2 is 1.94 bits per heavy atom. The zero-order chi connectivity index (χ0) is 24.2. The predicted molar refractivity (Wildman–Crippen MR) is 133 cm³/mol. The maximum absolute atomic E-state index is 12.8. The smallest absolute Gasteiger partial charge is 0.294 e. The number of benzene rings is 2. The van der Waals surface area contributed by atoms with Crippen molar-refractivity contribution in [3.63, 3.8) is 0 Å². The molecule has 34 heavy (non-hydrogen) atoms. The molecular formula is C23H22BrN3O6S. The van der Waals surface area contributed by atoms with Gasteiger partial charge in [0.05, 0.1) is 25.2 Å². The first kappa shape index (κ1) is 24.1. The largest absolute Gasteiger partial charge is 0.504 e. The molecule has 0 aliphatic carbocycles. The van der Waals surface area contributed by atoms with Crippen LogP contribution in [0.25, 0.3) is 6.08 Å². The molecule has 11 heteroatoms. The number of halogens is 1. The fourth-order valence-corrected chi connectivity index (χ4v) is 4.81. The summed E-state index contributed by atoms with van der Waals surface area (Å²) >= 11 is 4.07. The number of morpholine rings is 1. The molecule has 3 amide bonds. The molecule has 2 N–H and O–H groups in total. The van der Waals surface area contributed by atoms with E-state index in [2.05, 4.69) is 26.1 Å². The summed E-state index contributed by atoms with van der Waals surface area (Å²) in [7, 11) is 1.41. The van der Waals surface area contributed by atoms with Crippen molar-refractivity contribution in [2.75, 3.05) is 50.2 Å². The van der Waals surface area contributed by atoms with Gasteiger partial charge >= 0.3 is 0 Å². The SMILES string of the molecule is COc1cc(/C=C2\SC(=O)N(CC(=O)Nc3ccc(N4CCOCC4)cc3)C2=O)c(Br)cc1O. The van der Waals surface area contributed by atoms with Crippen molar-refractivity contribution in [3.05, 3.63) is 51.3 Å². The zero-order valence-electron chi connectivity index (χ0n) is 18.2. The van der Waals surface area contributed by atoms with Crippen LogP contribution in [0.1, 0.15) is 5.56 Å². The van der Waals surface area contributed by atoms with E-state index in [1.165, 1.54) is 19.3 Å². The lowest BCUT2D eigenvalue weighted by molar-refractivity contribution is -0.127. The van der Waals surface area contributed by atoms with E-state index in [1.807, 2.05) is 12.1 Å². The monoisotopic (exact) mass is 547 g/mol. The summed E-state index contributed by atoms with van der Waals surface area (Å²) in [5, 5.41) is 12.0. The van der Waals surface area contributed by atoms with Gasteiger partial charge in [-0.3, -0.25) is 19.3 Å². The summed E-state index contributed by atoms with van der Waals surface area (Å²) in [4.78, 5) is 41.0. The Hall–Kier alpha value is -3.02. The Kier molecular flexibility index (Phi) is 7.44. The minimum absolute atomic E-state index is 0.0609. The summed E-state index contributed by atoms with van der Waals surface area (Å²) in [5.41, 5.74) is 2.16. The third-order valence-corrected chi connectivity index (χ3v) is 6.88. The number of rotatable bonds is 6. The van der Waals surface area contributed by atoms with Crippen LogP contribution in [0.3, 0.4) is 0 Å². The van der Waals surface area contributed by atoms with Crippen LogP contribution in [0.5, 0.6) is 11.5 Å². The van der Waals surface area contributed by atoms with Crippen LogP contribution in [0, 0.1) is 0 Å². The Labute approximate surface area is 208 Å². The molecule has 0 unspecified atom stereocenters. The second-order valence-corrected chi connectivity index (χ2v) is 9.36. The molecule has 2 aliphatic heterocycles. The van der Waals surface area contributed by atoms with Crippen LogP contribution in [-0.2, 0) is 14.3 Å². The van der Waals surface area contributed by atoms with E-state index in [4.69, 9.17) is 9.47 Å². The molecule has 178 valence electrons. The maximum atomic E-state index is 12.8. The van der Waals surface area contributed by atoms with Crippen molar-refractivity contribution < 1.29 is 29.0 Å². The van der Waals surface area contributed by atoms with E-state index in [1.54, 1.807) is 18.2 Å². The molecule has 0 aromatic heterocycles. The number of phenolic OH excluding ortho intramolecular Hbond substituents is 1. The van der Waals surface area contributed by atoms with Gasteiger partial charge in [-0.15, -0.1) is 0 Å². The molecule has 4 rings (SSSR count). The van der Waals surface area contributed by atoms with E-state index < -0.39 is 23.6 Å². The lowest BCUT2D eigenvalue weighted by Gasteiger charge is -2.28. The van der Waals surface area contributed by atoms with E-state index in [9.17, 15) is 19.5 Å². The Morgan fingerprint density at radius 1 is 1.24 bits per heavy atom. The first-order chi connectivity index (χ1) is 16.4. The van der Waals surface area contributed by atoms with Gasteiger partial charge < -0.3 is 24.8 Å². The molecular weight excluding hydrogens is 526 g/mol. The molecule has 2 aliphatic rings. The number of imide groups is 1. The molecule has 2 aromatic rings. The van der Waals surface area contributed by atoms with Crippen molar-refractivity contribution in [1.82, 2.24) is 4.90 Å². The molecule has 0 atom stereocenters. The van der Waals surface area contributed by atoms with Gasteiger partial charge in [0.25, 0.3) is 11.1 Å². The number of ether oxygens (including phenoxy) is 2. The van der Waals surface area contributed by atoms with E-state index >= 15 is 0 Å². The van der Waals surface area contributed by atoms with Crippen molar-refractivity contribution in [3.8, 4) is 11.5 Å². The van der Waals surface area contributed by atoms with Crippen molar-refractivity contribution in [2.45, 2.75) is 0 Å². The molecule has 0 spiro atoms. The van der Waals surface area contributed by atoms with Gasteiger partial charge in [-0.05, 0) is 59.8 Å². The van der Waals surface area contributed by atoms with E-state index in [-0.39, 0.29) is 16.4 Å². The summed E-state index contributed by atoms with van der Waals surface area (Å²) in [6.07, 6.45) is 1.51. The number of amides is 3. The third kappa shape index (κ3) is 5.37. The molecule has 9 nitrogen and oxygen atoms in total. The number of methoxy groups -OCH3 is 1. The van der Waals surface area contributed by atoms with Gasteiger partial charge in [0.15, 0.2) is 11.5 Å². The molecule has 2 fully saturated rings. The molecule has 0 bridgehead atoms. The number of phenols is 1. The normalized spacial score (nSPS) is 17.4. The summed E-state index contributed by atoms with van der Waals surface area (Å²) in [5.74, 6) is -0.871. The van der Waals surface area contributed by atoms with Gasteiger partial charge in [0.2, 0.25) is 5.91 Å². The third-order valence-electron chi connectivity index (χ3n) is 5.29. The van der Waals surface area contributed by atoms with Gasteiger partial charge in [-0.2, -0.15) is 0 Å². The molecule has 0 saturated carbocycles. The van der Waals surface area contributed by atoms with Crippen molar-refractivity contribution in [2.24, 2.45) is 0 Å². The van der Waals surface area contributed by atoms with Crippen molar-refractivity contribution in [1.29, 1.82) is 0 Å². The lowest BCUT2D eigenvalue weighted by Crippen LogP contribution is -2.36. The standard InChI is InChI=1S/C23H22BrN3O6S/c1-32-19-10-14(17(24)12-18(19)28)11-20-22(30)27(23(31)34-20)13-21(29)25-15-2-4-16(5-3-15)26-6-8-33-9-7-26/h2-5,10-12,28H,6-9,13H2,1H3,(H,25,29)/b20-11-. The fourth-order valence-electron chi connectivity index (χ4n) is 3.53. The minimum Gasteiger partial charge on any atom is -0.504 e. The van der Waals surface area contributed by atoms with Crippen molar-refractivity contribution >= 4 is 62.2 Å². The lowest BCUT2D eigenvalue weighted by atomic mass is 10.2. The number of hydrogen-bond acceptors (Lipinski definition) is 8. The van der Waals surface area contributed by atoms with E-state index in [0.29, 0.717) is 28.9 Å². The van der Waals surface area contributed by atoms with Crippen LogP contribution in [0.2, 0.25) is 0 Å². The highest BCUT2D eigenvalue weighted by Gasteiger charge is 2.36. The van der Waals surface area contributed by atoms with Gasteiger partial charge in [-0.25, -0.2) is 0 Å². The molecule has 2 aromatic carbocycles. The average Bonchev–Trinajstić information content (AvgIpc) is 3.09. The first-order valence-corrected chi connectivity index (χ1v) is 12.0. The van der Waals surface area contributed by atoms with Crippen LogP contribution in [0.15, 0.2) is 45.8 Å². The molecule has 0 radical (unpaired) electrons. The maximum Gasteiger partial charge on any atom is 0.294 e. The second kappa shape index (κ2) is 10.5. The Balaban J connectivity index is 1.40. The number of anilines is 2. The Bertz CT molecular complexity index is 1150. The number of nitrogens with one attached hydrogen (secondary N) is 1. The average molecular weight is 548 g/mol. The summed E-state index contributed by atoms with van der Waals surface area (Å²) in [6.45, 7) is 2.59. The van der Waals surface area contributed by atoms with Crippen LogP contribution in [0.4, 0.5) is 16.2 Å². The zero-order valence-corrected chi connectivity index (χ0v) is 20.6.